The Bertz CT molecular complexity index is 479. The predicted octanol–water partition coefficient (Wildman–Crippen LogP) is 4.38. The van der Waals surface area contributed by atoms with E-state index in [0.717, 1.165) is 24.2 Å². The van der Waals surface area contributed by atoms with Gasteiger partial charge in [0.05, 0.1) is 0 Å². The first-order chi connectivity index (χ1) is 8.78. The third-order valence-corrected chi connectivity index (χ3v) is 3.07. The Hall–Kier alpha value is -1.10. The normalized spacial score (nSPS) is 10.3. The fourth-order valence-electron chi connectivity index (χ4n) is 1.76. The minimum Gasteiger partial charge on any atom is -0.483 e. The number of benzene rings is 2. The van der Waals surface area contributed by atoms with Crippen LogP contribution in [0, 0.1) is 5.82 Å². The van der Waals surface area contributed by atoms with Gasteiger partial charge in [-0.25, -0.2) is 4.39 Å². The van der Waals surface area contributed by atoms with Gasteiger partial charge in [-0.3, -0.25) is 0 Å². The van der Waals surface area contributed by atoms with E-state index in [9.17, 15) is 4.39 Å². The van der Waals surface area contributed by atoms with Crippen LogP contribution in [-0.4, -0.2) is 4.61 Å². The van der Waals surface area contributed by atoms with Crippen LogP contribution in [0.2, 0.25) is 0 Å². The van der Waals surface area contributed by atoms with Crippen LogP contribution in [0.25, 0.3) is 0 Å². The first-order valence-corrected chi connectivity index (χ1v) is 7.32. The molecule has 0 spiro atoms. The maximum atomic E-state index is 12.8. The lowest BCUT2D eigenvalue weighted by atomic mass is 10.0. The fourth-order valence-corrected chi connectivity index (χ4v) is 2.11. The van der Waals surface area contributed by atoms with Gasteiger partial charge < -0.3 is 4.74 Å². The van der Waals surface area contributed by atoms with Crippen LogP contribution in [0.5, 0.6) is 5.75 Å². The summed E-state index contributed by atoms with van der Waals surface area (Å²) in [4.78, 5) is 0. The van der Waals surface area contributed by atoms with E-state index < -0.39 is 0 Å². The second kappa shape index (κ2) is 6.73. The van der Waals surface area contributed by atoms with E-state index in [1.54, 1.807) is 0 Å². The minimum absolute atomic E-state index is 0.181. The third kappa shape index (κ3) is 3.98. The molecule has 0 aliphatic rings. The predicted molar refractivity (Wildman–Crippen MR) is 79.8 cm³/mol. The molecule has 0 fully saturated rings. The molecule has 0 aliphatic heterocycles. The van der Waals surface area contributed by atoms with Gasteiger partial charge >= 0.3 is 0 Å². The molecule has 0 radical (unpaired) electrons. The van der Waals surface area contributed by atoms with E-state index in [-0.39, 0.29) is 5.82 Å². The molecule has 94 valence electrons. The van der Waals surface area contributed by atoms with Gasteiger partial charge in [-0.2, -0.15) is 0 Å². The SMILES string of the molecule is Fc1ccc(CCc2ccc(OCI)cc2)cc1. The Balaban J connectivity index is 1.91. The number of hydrogen-bond acceptors (Lipinski definition) is 1. The molecular formula is C15H14FIO. The standard InChI is InChI=1S/C15H14FIO/c16-14-7-3-12(4-8-14)1-2-13-5-9-15(10-6-13)18-11-17/h3-10H,1-2,11H2. The third-order valence-electron chi connectivity index (χ3n) is 2.76. The summed E-state index contributed by atoms with van der Waals surface area (Å²) in [6.07, 6.45) is 1.88. The van der Waals surface area contributed by atoms with E-state index in [1.807, 2.05) is 24.3 Å². The fraction of sp³-hybridized carbons (Fsp3) is 0.200. The van der Waals surface area contributed by atoms with Gasteiger partial charge in [0.25, 0.3) is 0 Å². The summed E-state index contributed by atoms with van der Waals surface area (Å²) < 4.78 is 18.8. The number of rotatable bonds is 5. The molecule has 0 atom stereocenters. The van der Waals surface area contributed by atoms with Crippen molar-refractivity contribution in [2.45, 2.75) is 12.8 Å². The summed E-state index contributed by atoms with van der Waals surface area (Å²) in [5, 5.41) is 0. The minimum atomic E-state index is -0.181. The van der Waals surface area contributed by atoms with E-state index in [0.29, 0.717) is 4.61 Å². The molecule has 0 saturated carbocycles. The summed E-state index contributed by atoms with van der Waals surface area (Å²) in [6.45, 7) is 0. The molecular weight excluding hydrogens is 342 g/mol. The van der Waals surface area contributed by atoms with Crippen LogP contribution in [0.3, 0.4) is 0 Å². The largest absolute Gasteiger partial charge is 0.483 e. The average molecular weight is 356 g/mol. The first-order valence-electron chi connectivity index (χ1n) is 5.80. The van der Waals surface area contributed by atoms with Crippen LogP contribution in [0.15, 0.2) is 48.5 Å². The van der Waals surface area contributed by atoms with Gasteiger partial charge in [0.15, 0.2) is 0 Å². The quantitative estimate of drug-likeness (QED) is 0.571. The monoisotopic (exact) mass is 356 g/mol. The summed E-state index contributed by atoms with van der Waals surface area (Å²) in [7, 11) is 0. The highest BCUT2D eigenvalue weighted by atomic mass is 127. The second-order valence-electron chi connectivity index (χ2n) is 4.02. The maximum absolute atomic E-state index is 12.8. The van der Waals surface area contributed by atoms with E-state index in [1.165, 1.54) is 17.7 Å². The van der Waals surface area contributed by atoms with Crippen LogP contribution in [0.4, 0.5) is 4.39 Å². The highest BCUT2D eigenvalue weighted by Gasteiger charge is 1.98. The number of aryl methyl sites for hydroxylation is 2. The van der Waals surface area contributed by atoms with E-state index in [4.69, 9.17) is 4.74 Å². The van der Waals surface area contributed by atoms with E-state index >= 15 is 0 Å². The zero-order valence-corrected chi connectivity index (χ0v) is 12.1. The van der Waals surface area contributed by atoms with Crippen molar-refractivity contribution >= 4 is 22.6 Å². The molecule has 0 amide bonds. The van der Waals surface area contributed by atoms with Crippen molar-refractivity contribution in [3.8, 4) is 5.75 Å². The first kappa shape index (κ1) is 13.3. The Labute approximate surface area is 120 Å². The van der Waals surface area contributed by atoms with Crippen LogP contribution in [-0.2, 0) is 12.8 Å². The Morgan fingerprint density at radius 3 is 1.83 bits per heavy atom. The zero-order chi connectivity index (χ0) is 12.8. The maximum Gasteiger partial charge on any atom is 0.139 e. The second-order valence-corrected chi connectivity index (χ2v) is 4.65. The van der Waals surface area contributed by atoms with Crippen LogP contribution < -0.4 is 4.74 Å². The topological polar surface area (TPSA) is 9.23 Å². The molecule has 2 aromatic carbocycles. The van der Waals surface area contributed by atoms with Gasteiger partial charge in [-0.1, -0.05) is 24.3 Å². The lowest BCUT2D eigenvalue weighted by molar-refractivity contribution is 0.404. The number of hydrogen-bond donors (Lipinski definition) is 0. The molecule has 0 saturated heterocycles. The zero-order valence-electron chi connectivity index (χ0n) is 9.90. The molecule has 2 aromatic rings. The molecule has 0 aromatic heterocycles. The number of ether oxygens (including phenoxy) is 1. The lowest BCUT2D eigenvalue weighted by Crippen LogP contribution is -1.93. The van der Waals surface area contributed by atoms with Crippen molar-refractivity contribution in [3.05, 3.63) is 65.5 Å². The van der Waals surface area contributed by atoms with Crippen LogP contribution in [0.1, 0.15) is 11.1 Å². The van der Waals surface area contributed by atoms with Crippen molar-refractivity contribution in [1.29, 1.82) is 0 Å². The van der Waals surface area contributed by atoms with Gasteiger partial charge in [-0.15, -0.1) is 0 Å². The average Bonchev–Trinajstić information content (AvgIpc) is 2.40. The summed E-state index contributed by atoms with van der Waals surface area (Å²) in [5.41, 5.74) is 2.42. The van der Waals surface area contributed by atoms with Crippen molar-refractivity contribution in [3.63, 3.8) is 0 Å². The van der Waals surface area contributed by atoms with Gasteiger partial charge in [0.2, 0.25) is 0 Å². The highest BCUT2D eigenvalue weighted by molar-refractivity contribution is 14.1. The van der Waals surface area contributed by atoms with Crippen molar-refractivity contribution in [1.82, 2.24) is 0 Å². The molecule has 1 nitrogen and oxygen atoms in total. The van der Waals surface area contributed by atoms with Gasteiger partial charge in [-0.05, 0) is 70.8 Å². The summed E-state index contributed by atoms with van der Waals surface area (Å²) in [5.74, 6) is 0.717. The highest BCUT2D eigenvalue weighted by Crippen LogP contribution is 2.15. The van der Waals surface area contributed by atoms with Crippen molar-refractivity contribution in [2.24, 2.45) is 0 Å². The van der Waals surface area contributed by atoms with Crippen LogP contribution >= 0.6 is 22.6 Å². The van der Waals surface area contributed by atoms with E-state index in [2.05, 4.69) is 34.7 Å². The van der Waals surface area contributed by atoms with Gasteiger partial charge in [0.1, 0.15) is 16.2 Å². The summed E-state index contributed by atoms with van der Waals surface area (Å²) >= 11 is 2.17. The molecule has 0 heterocycles. The molecule has 2 rings (SSSR count). The smallest absolute Gasteiger partial charge is 0.139 e. The van der Waals surface area contributed by atoms with Crippen molar-refractivity contribution in [2.75, 3.05) is 4.61 Å². The molecule has 0 aliphatic carbocycles. The summed E-state index contributed by atoms with van der Waals surface area (Å²) in [6, 6.07) is 14.8. The Kier molecular flexibility index (Phi) is 4.99. The van der Waals surface area contributed by atoms with Gasteiger partial charge in [0, 0.05) is 0 Å². The molecule has 0 N–H and O–H groups in total. The lowest BCUT2D eigenvalue weighted by Gasteiger charge is -2.05. The number of alkyl halides is 1. The molecule has 18 heavy (non-hydrogen) atoms. The molecule has 0 bridgehead atoms. The van der Waals surface area contributed by atoms with Crippen molar-refractivity contribution < 1.29 is 9.13 Å². The Morgan fingerprint density at radius 1 is 0.833 bits per heavy atom. The molecule has 0 unspecified atom stereocenters. The Morgan fingerprint density at radius 2 is 1.33 bits per heavy atom. The molecule has 3 heteroatoms. The number of halogens is 2.